The number of ether oxygens (including phenoxy) is 1. The Kier molecular flexibility index (Phi) is 6.52. The monoisotopic (exact) mass is 463 g/mol. The fraction of sp³-hybridized carbons (Fsp3) is 0.500. The fourth-order valence-corrected chi connectivity index (χ4v) is 5.03. The molecule has 0 saturated carbocycles. The molecule has 1 atom stereocenters. The summed E-state index contributed by atoms with van der Waals surface area (Å²) in [6, 6.07) is 12.7. The summed E-state index contributed by atoms with van der Waals surface area (Å²) in [7, 11) is 1.31. The van der Waals surface area contributed by atoms with Gasteiger partial charge < -0.3 is 14.2 Å². The maximum atomic E-state index is 14.3. The van der Waals surface area contributed by atoms with Crippen LogP contribution >= 0.6 is 0 Å². The highest BCUT2D eigenvalue weighted by atomic mass is 19.4. The number of hydrogen-bond acceptors (Lipinski definition) is 4. The van der Waals surface area contributed by atoms with Gasteiger partial charge in [-0.25, -0.2) is 4.79 Å². The molecule has 1 amide bonds. The van der Waals surface area contributed by atoms with Crippen molar-refractivity contribution in [2.45, 2.75) is 38.0 Å². The predicted octanol–water partition coefficient (Wildman–Crippen LogP) is 3.89. The van der Waals surface area contributed by atoms with E-state index in [4.69, 9.17) is 4.74 Å². The molecule has 2 saturated heterocycles. The molecule has 1 aromatic heterocycles. The fourth-order valence-electron chi connectivity index (χ4n) is 5.03. The van der Waals surface area contributed by atoms with Gasteiger partial charge in [-0.1, -0.05) is 30.3 Å². The van der Waals surface area contributed by atoms with Crippen LogP contribution in [0.2, 0.25) is 0 Å². The first-order valence-electron chi connectivity index (χ1n) is 11.1. The van der Waals surface area contributed by atoms with E-state index in [-0.39, 0.29) is 38.6 Å². The average Bonchev–Trinajstić information content (AvgIpc) is 3.47. The van der Waals surface area contributed by atoms with E-state index >= 15 is 0 Å². The van der Waals surface area contributed by atoms with Crippen LogP contribution in [0, 0.1) is 5.41 Å². The summed E-state index contributed by atoms with van der Waals surface area (Å²) < 4.78 is 49.5. The van der Waals surface area contributed by atoms with Crippen molar-refractivity contribution in [3.63, 3.8) is 0 Å². The number of alkyl halides is 3. The lowest BCUT2D eigenvalue weighted by atomic mass is 9.83. The third-order valence-corrected chi connectivity index (χ3v) is 6.87. The Morgan fingerprint density at radius 3 is 2.39 bits per heavy atom. The lowest BCUT2D eigenvalue weighted by Crippen LogP contribution is -2.55. The molecule has 0 N–H and O–H groups in total. The van der Waals surface area contributed by atoms with Gasteiger partial charge in [0.2, 0.25) is 5.91 Å². The molecule has 6 nitrogen and oxygen atoms in total. The lowest BCUT2D eigenvalue weighted by Gasteiger charge is -2.39. The Morgan fingerprint density at radius 2 is 1.76 bits per heavy atom. The Balaban J connectivity index is 1.45. The summed E-state index contributed by atoms with van der Waals surface area (Å²) in [5.41, 5.74) is -1.04. The van der Waals surface area contributed by atoms with Gasteiger partial charge in [-0.2, -0.15) is 13.2 Å². The molecule has 3 heterocycles. The number of aromatic nitrogens is 1. The minimum Gasteiger partial charge on any atom is -0.464 e. The molecule has 33 heavy (non-hydrogen) atoms. The third-order valence-electron chi connectivity index (χ3n) is 6.87. The highest BCUT2D eigenvalue weighted by Gasteiger charge is 2.64. The number of rotatable bonds is 5. The number of halogens is 3. The molecule has 2 aromatic rings. The summed E-state index contributed by atoms with van der Waals surface area (Å²) in [6.45, 7) is 0.728. The molecule has 1 aromatic carbocycles. The second-order valence-electron chi connectivity index (χ2n) is 8.84. The SMILES string of the molecule is COC(=O)c1cccn1C1CCN(C(=O)C2(C(F)(F)F)CCN(Cc3ccccc3)C2)CC1. The zero-order valence-electron chi connectivity index (χ0n) is 18.6. The minimum absolute atomic E-state index is 0.0712. The van der Waals surface area contributed by atoms with Gasteiger partial charge in [0.25, 0.3) is 0 Å². The molecule has 1 unspecified atom stereocenters. The van der Waals surface area contributed by atoms with Crippen molar-refractivity contribution in [1.82, 2.24) is 14.4 Å². The number of amides is 1. The molecule has 0 aliphatic carbocycles. The number of hydrogen-bond donors (Lipinski definition) is 0. The van der Waals surface area contributed by atoms with Gasteiger partial charge in [0.15, 0.2) is 5.41 Å². The minimum atomic E-state index is -4.62. The van der Waals surface area contributed by atoms with Crippen LogP contribution in [-0.4, -0.2) is 65.7 Å². The maximum Gasteiger partial charge on any atom is 0.404 e. The second-order valence-corrected chi connectivity index (χ2v) is 8.84. The molecule has 9 heteroatoms. The topological polar surface area (TPSA) is 54.8 Å². The van der Waals surface area contributed by atoms with Crippen molar-refractivity contribution in [2.24, 2.45) is 5.41 Å². The first-order chi connectivity index (χ1) is 15.7. The number of nitrogens with zero attached hydrogens (tertiary/aromatic N) is 3. The van der Waals surface area contributed by atoms with Crippen molar-refractivity contribution in [3.05, 3.63) is 59.9 Å². The smallest absolute Gasteiger partial charge is 0.404 e. The van der Waals surface area contributed by atoms with Gasteiger partial charge in [-0.3, -0.25) is 9.69 Å². The van der Waals surface area contributed by atoms with E-state index in [0.29, 0.717) is 25.1 Å². The molecule has 4 rings (SSSR count). The van der Waals surface area contributed by atoms with Gasteiger partial charge in [0.1, 0.15) is 5.69 Å². The van der Waals surface area contributed by atoms with E-state index in [9.17, 15) is 22.8 Å². The molecular formula is C24H28F3N3O3. The van der Waals surface area contributed by atoms with Crippen LogP contribution in [0.25, 0.3) is 0 Å². The van der Waals surface area contributed by atoms with Crippen molar-refractivity contribution in [1.29, 1.82) is 0 Å². The van der Waals surface area contributed by atoms with Crippen LogP contribution in [0.3, 0.4) is 0 Å². The molecule has 0 spiro atoms. The van der Waals surface area contributed by atoms with Crippen molar-refractivity contribution < 1.29 is 27.5 Å². The number of piperidine rings is 1. The van der Waals surface area contributed by atoms with Crippen LogP contribution in [0.4, 0.5) is 13.2 Å². The van der Waals surface area contributed by atoms with E-state index < -0.39 is 23.5 Å². The predicted molar refractivity (Wildman–Crippen MR) is 115 cm³/mol. The Bertz CT molecular complexity index is 984. The number of benzene rings is 1. The van der Waals surface area contributed by atoms with Crippen LogP contribution in [0.5, 0.6) is 0 Å². The molecule has 178 valence electrons. The normalized spacial score (nSPS) is 22.5. The van der Waals surface area contributed by atoms with E-state index in [0.717, 1.165) is 5.56 Å². The number of carbonyl (C=O) groups is 2. The molecule has 2 aliphatic rings. The van der Waals surface area contributed by atoms with Gasteiger partial charge >= 0.3 is 12.1 Å². The average molecular weight is 464 g/mol. The van der Waals surface area contributed by atoms with Crippen LogP contribution in [0.1, 0.15) is 41.4 Å². The first-order valence-corrected chi connectivity index (χ1v) is 11.1. The second kappa shape index (κ2) is 9.21. The zero-order chi connectivity index (χ0) is 23.6. The van der Waals surface area contributed by atoms with E-state index in [1.54, 1.807) is 27.8 Å². The van der Waals surface area contributed by atoms with Crippen molar-refractivity contribution in [2.75, 3.05) is 33.3 Å². The number of carbonyl (C=O) groups excluding carboxylic acids is 2. The Labute approximate surface area is 190 Å². The summed E-state index contributed by atoms with van der Waals surface area (Å²) in [5.74, 6) is -1.29. The number of methoxy groups -OCH3 is 1. The molecule has 2 fully saturated rings. The largest absolute Gasteiger partial charge is 0.464 e. The van der Waals surface area contributed by atoms with Gasteiger partial charge in [-0.05, 0) is 43.5 Å². The maximum absolute atomic E-state index is 14.3. The quantitative estimate of drug-likeness (QED) is 0.632. The molecule has 0 bridgehead atoms. The van der Waals surface area contributed by atoms with Crippen molar-refractivity contribution in [3.8, 4) is 0 Å². The van der Waals surface area contributed by atoms with Gasteiger partial charge in [-0.15, -0.1) is 0 Å². The summed E-state index contributed by atoms with van der Waals surface area (Å²) in [4.78, 5) is 28.3. The highest BCUT2D eigenvalue weighted by molar-refractivity contribution is 5.87. The van der Waals surface area contributed by atoms with Crippen LogP contribution in [0.15, 0.2) is 48.7 Å². The van der Waals surface area contributed by atoms with Gasteiger partial charge in [0, 0.05) is 38.4 Å². The standard InChI is InChI=1S/C24H28F3N3O3/c1-33-21(31)20-8-5-12-30(20)19-9-13-29(14-10-19)22(32)23(24(25,26)27)11-15-28(17-23)16-18-6-3-2-4-7-18/h2-8,12,19H,9-11,13-17H2,1H3. The number of esters is 1. The third kappa shape index (κ3) is 4.51. The highest BCUT2D eigenvalue weighted by Crippen LogP contribution is 2.47. The van der Waals surface area contributed by atoms with Crippen LogP contribution < -0.4 is 0 Å². The summed E-state index contributed by atoms with van der Waals surface area (Å²) >= 11 is 0. The number of likely N-dealkylation sites (tertiary alicyclic amines) is 2. The van der Waals surface area contributed by atoms with E-state index in [2.05, 4.69) is 0 Å². The van der Waals surface area contributed by atoms with E-state index in [1.807, 2.05) is 30.3 Å². The van der Waals surface area contributed by atoms with Crippen LogP contribution in [-0.2, 0) is 16.1 Å². The first kappa shape index (κ1) is 23.4. The van der Waals surface area contributed by atoms with E-state index in [1.165, 1.54) is 12.0 Å². The summed E-state index contributed by atoms with van der Waals surface area (Å²) in [5, 5.41) is 0. The van der Waals surface area contributed by atoms with Gasteiger partial charge in [0.05, 0.1) is 7.11 Å². The Hall–Kier alpha value is -2.81. The molecule has 0 radical (unpaired) electrons. The lowest BCUT2D eigenvalue weighted by molar-refractivity contribution is -0.224. The Morgan fingerprint density at radius 1 is 1.06 bits per heavy atom. The summed E-state index contributed by atoms with van der Waals surface area (Å²) in [6.07, 6.45) is -2.13. The van der Waals surface area contributed by atoms with Crippen molar-refractivity contribution >= 4 is 11.9 Å². The molecular weight excluding hydrogens is 435 g/mol. The molecule has 2 aliphatic heterocycles. The zero-order valence-corrected chi connectivity index (χ0v) is 18.6.